The number of thiol groups is 2. The smallest absolute Gasteiger partial charge is 0.327 e. The number of carbonyl (C=O) groups excluding carboxylic acids is 10. The molecule has 0 aliphatic heterocycles. The number of carboxylic acids is 1. The second-order valence-corrected chi connectivity index (χ2v) is 6.23. The molecule has 172 valence electrons. The van der Waals surface area contributed by atoms with Gasteiger partial charge in [0.25, 0.3) is 11.6 Å². The first-order valence-corrected chi connectivity index (χ1v) is 8.83. The van der Waals surface area contributed by atoms with Crippen LogP contribution in [0.5, 0.6) is 0 Å². The summed E-state index contributed by atoms with van der Waals surface area (Å²) in [7, 11) is 0. The Bertz CT molecular complexity index is 931. The molecule has 0 aromatic carbocycles. The molecule has 0 spiro atoms. The molecular weight excluding hydrogens is 480 g/mol. The quantitative estimate of drug-likeness (QED) is 0.0758. The second kappa shape index (κ2) is 12.7. The van der Waals surface area contributed by atoms with Crippen molar-refractivity contribution in [3.05, 3.63) is 0 Å². The number of hydrogen-bond donors (Lipinski definition) is 7. The zero-order valence-electron chi connectivity index (χ0n) is 15.3. The van der Waals surface area contributed by atoms with Gasteiger partial charge in [-0.2, -0.15) is 25.3 Å². The lowest BCUT2D eigenvalue weighted by Gasteiger charge is -2.18. The molecule has 32 heavy (non-hydrogen) atoms. The van der Waals surface area contributed by atoms with Crippen molar-refractivity contribution in [1.82, 2.24) is 21.3 Å². The van der Waals surface area contributed by atoms with E-state index < -0.39 is 76.5 Å². The van der Waals surface area contributed by atoms with Crippen LogP contribution in [-0.2, 0) is 52.7 Å². The monoisotopic (exact) mass is 492 g/mol. The van der Waals surface area contributed by atoms with E-state index in [1.165, 1.54) is 5.32 Å². The Hall–Kier alpha value is -3.93. The van der Waals surface area contributed by atoms with Crippen LogP contribution >= 0.6 is 25.3 Å². The van der Waals surface area contributed by atoms with E-state index in [1.807, 2.05) is 0 Å². The topological polar surface area (TPSA) is 256 Å². The molecule has 18 heteroatoms. The van der Waals surface area contributed by atoms with Gasteiger partial charge < -0.3 is 10.4 Å². The van der Waals surface area contributed by atoms with E-state index >= 15 is 0 Å². The molecule has 0 saturated carbocycles. The first-order chi connectivity index (χ1) is 14.8. The van der Waals surface area contributed by atoms with Crippen LogP contribution in [0.15, 0.2) is 0 Å². The fourth-order valence-electron chi connectivity index (χ4n) is 1.45. The van der Waals surface area contributed by atoms with Gasteiger partial charge in [-0.3, -0.25) is 63.9 Å². The Morgan fingerprint density at radius 3 is 1.44 bits per heavy atom. The van der Waals surface area contributed by atoms with Crippen LogP contribution in [0.25, 0.3) is 0 Å². The first-order valence-electron chi connectivity index (χ1n) is 7.68. The third kappa shape index (κ3) is 8.44. The van der Waals surface area contributed by atoms with Gasteiger partial charge in [0.05, 0.1) is 0 Å². The van der Waals surface area contributed by atoms with Gasteiger partial charge in [0, 0.05) is 11.0 Å². The van der Waals surface area contributed by atoms with E-state index in [4.69, 9.17) is 5.11 Å². The molecule has 2 unspecified atom stereocenters. The van der Waals surface area contributed by atoms with Crippen LogP contribution in [0.4, 0.5) is 0 Å². The fourth-order valence-corrected chi connectivity index (χ4v) is 1.86. The van der Waals surface area contributed by atoms with Crippen molar-refractivity contribution in [2.45, 2.75) is 11.3 Å². The number of carbonyl (C=O) groups is 11. The number of amides is 7. The maximum Gasteiger partial charge on any atom is 0.327 e. The van der Waals surface area contributed by atoms with Gasteiger partial charge in [-0.05, 0) is 0 Å². The third-order valence-electron chi connectivity index (χ3n) is 2.96. The molecule has 0 radical (unpaired) electrons. The van der Waals surface area contributed by atoms with E-state index in [2.05, 4.69) is 25.3 Å². The number of aldehydes is 1. The van der Waals surface area contributed by atoms with Gasteiger partial charge in [-0.1, -0.05) is 0 Å². The van der Waals surface area contributed by atoms with Gasteiger partial charge in [-0.25, -0.2) is 4.79 Å². The molecule has 7 amide bonds. The van der Waals surface area contributed by atoms with Crippen molar-refractivity contribution in [2.75, 3.05) is 5.75 Å². The predicted octanol–water partition coefficient (Wildman–Crippen LogP) is -5.95. The summed E-state index contributed by atoms with van der Waals surface area (Å²) in [6.07, 6.45) is -0.541. The summed E-state index contributed by atoms with van der Waals surface area (Å²) in [6, 6.07) is -1.70. The van der Waals surface area contributed by atoms with Crippen LogP contribution in [-0.4, -0.2) is 87.3 Å². The number of Topliss-reactive ketones (excluding diaryl/α,β-unsaturated/α-hetero) is 2. The van der Waals surface area contributed by atoms with Gasteiger partial charge >= 0.3 is 47.3 Å². The summed E-state index contributed by atoms with van der Waals surface area (Å²) in [5, 5.41) is 12.9. The highest BCUT2D eigenvalue weighted by Crippen LogP contribution is 2.04. The van der Waals surface area contributed by atoms with E-state index in [-0.39, 0.29) is 5.75 Å². The standard InChI is InChI=1S/C14H12N4O12S2/c19-1-3(20)6(21)7(22)16-10(25)11(26)18-13(28)12(27)17-9(24)8(23)15-5(14(29)30)4(32)2-31/h1,4-5,31-32H,2H2,(H,15,23)(H,29,30)(H,16,22,25)(H,17,24,27)(H,18,26,28). The SMILES string of the molecule is O=CC(=O)C(=O)C(=O)NC(=O)C(=O)NC(=O)C(=O)NC(=O)C(=O)NC(C(=O)O)C(S)CS. The predicted molar refractivity (Wildman–Crippen MR) is 102 cm³/mol. The molecule has 0 aliphatic carbocycles. The van der Waals surface area contributed by atoms with Crippen molar-refractivity contribution in [1.29, 1.82) is 0 Å². The Labute approximate surface area is 187 Å². The van der Waals surface area contributed by atoms with Gasteiger partial charge in [0.2, 0.25) is 0 Å². The van der Waals surface area contributed by atoms with E-state index in [9.17, 15) is 52.7 Å². The molecule has 0 saturated heterocycles. The molecule has 16 nitrogen and oxygen atoms in total. The lowest BCUT2D eigenvalue weighted by atomic mass is 10.2. The average molecular weight is 492 g/mol. The van der Waals surface area contributed by atoms with Crippen molar-refractivity contribution in [3.63, 3.8) is 0 Å². The lowest BCUT2D eigenvalue weighted by Crippen LogP contribution is -2.55. The van der Waals surface area contributed by atoms with Crippen LogP contribution in [0.2, 0.25) is 0 Å². The molecule has 0 aliphatic rings. The zero-order valence-corrected chi connectivity index (χ0v) is 17.1. The minimum atomic E-state index is -2.00. The van der Waals surface area contributed by atoms with Gasteiger partial charge in [-0.15, -0.1) is 0 Å². The van der Waals surface area contributed by atoms with Crippen LogP contribution in [0, 0.1) is 0 Å². The normalized spacial score (nSPS) is 11.6. The number of aliphatic carboxylic acids is 1. The van der Waals surface area contributed by atoms with Crippen molar-refractivity contribution < 1.29 is 57.8 Å². The highest BCUT2D eigenvalue weighted by molar-refractivity contribution is 7.84. The minimum Gasteiger partial charge on any atom is -0.480 e. The zero-order chi connectivity index (χ0) is 25.2. The van der Waals surface area contributed by atoms with Crippen molar-refractivity contribution >= 4 is 90.4 Å². The Morgan fingerprint density at radius 1 is 0.719 bits per heavy atom. The summed E-state index contributed by atoms with van der Waals surface area (Å²) in [6.45, 7) is 0. The van der Waals surface area contributed by atoms with Gasteiger partial charge in [0.15, 0.2) is 6.29 Å². The molecule has 0 rings (SSSR count). The Balaban J connectivity index is 4.88. The summed E-state index contributed by atoms with van der Waals surface area (Å²) < 4.78 is 0. The average Bonchev–Trinajstić information content (AvgIpc) is 2.74. The van der Waals surface area contributed by atoms with Crippen LogP contribution in [0.3, 0.4) is 0 Å². The number of nitrogens with one attached hydrogen (secondary N) is 4. The van der Waals surface area contributed by atoms with Crippen LogP contribution in [0.1, 0.15) is 0 Å². The maximum atomic E-state index is 11.6. The minimum absolute atomic E-state index is 0.134. The molecule has 0 heterocycles. The second-order valence-electron chi connectivity index (χ2n) is 5.20. The number of carboxylic acid groups (broad SMARTS) is 1. The van der Waals surface area contributed by atoms with Crippen molar-refractivity contribution in [2.24, 2.45) is 0 Å². The lowest BCUT2D eigenvalue weighted by molar-refractivity contribution is -0.151. The summed E-state index contributed by atoms with van der Waals surface area (Å²) in [5.41, 5.74) is 0. The van der Waals surface area contributed by atoms with E-state index in [0.717, 1.165) is 10.6 Å². The highest BCUT2D eigenvalue weighted by Gasteiger charge is 2.32. The molecule has 0 fully saturated rings. The van der Waals surface area contributed by atoms with E-state index in [1.54, 1.807) is 5.32 Å². The van der Waals surface area contributed by atoms with E-state index in [0.29, 0.717) is 0 Å². The number of hydrogen-bond acceptors (Lipinski definition) is 13. The molecule has 2 atom stereocenters. The van der Waals surface area contributed by atoms with Gasteiger partial charge in [0.1, 0.15) is 6.04 Å². The summed E-state index contributed by atoms with van der Waals surface area (Å²) in [5.74, 6) is -19.0. The Morgan fingerprint density at radius 2 is 1.09 bits per heavy atom. The fraction of sp³-hybridized carbons (Fsp3) is 0.214. The summed E-state index contributed by atoms with van der Waals surface area (Å²) >= 11 is 7.59. The molecular formula is C14H12N4O12S2. The number of ketones is 2. The molecule has 0 aromatic rings. The van der Waals surface area contributed by atoms with Crippen molar-refractivity contribution in [3.8, 4) is 0 Å². The molecule has 5 N–H and O–H groups in total. The third-order valence-corrected chi connectivity index (χ3v) is 4.12. The molecule has 0 aromatic heterocycles. The number of rotatable bonds is 7. The maximum absolute atomic E-state index is 11.6. The largest absolute Gasteiger partial charge is 0.480 e. The highest BCUT2D eigenvalue weighted by atomic mass is 32.1. The first kappa shape index (κ1) is 28.1. The summed E-state index contributed by atoms with van der Waals surface area (Å²) in [4.78, 5) is 123. The van der Waals surface area contributed by atoms with Crippen LogP contribution < -0.4 is 21.3 Å². The molecule has 0 bridgehead atoms. The number of imide groups is 3. The Kier molecular flexibility index (Phi) is 11.1.